The van der Waals surface area contributed by atoms with E-state index in [0.717, 1.165) is 56.7 Å². The van der Waals surface area contributed by atoms with Crippen LogP contribution in [0.15, 0.2) is 66.7 Å². The van der Waals surface area contributed by atoms with Gasteiger partial charge in [-0.25, -0.2) is 19.9 Å². The molecule has 0 saturated heterocycles. The molecule has 0 spiro atoms. The molecule has 3 N–H and O–H groups in total. The number of anilines is 4. The summed E-state index contributed by atoms with van der Waals surface area (Å²) in [6.07, 6.45) is -0.843. The first-order chi connectivity index (χ1) is 22.1. The Morgan fingerprint density at radius 1 is 0.935 bits per heavy atom. The molecule has 0 saturated carbocycles. The van der Waals surface area contributed by atoms with Gasteiger partial charge >= 0.3 is 6.18 Å². The summed E-state index contributed by atoms with van der Waals surface area (Å²) in [5.41, 5.74) is 1.48. The predicted octanol–water partition coefficient (Wildman–Crippen LogP) is 7.85. The van der Waals surface area contributed by atoms with Crippen molar-refractivity contribution in [3.8, 4) is 11.3 Å². The van der Waals surface area contributed by atoms with Crippen LogP contribution in [-0.2, 0) is 6.18 Å². The van der Waals surface area contributed by atoms with Crippen LogP contribution in [0.3, 0.4) is 0 Å². The van der Waals surface area contributed by atoms with Crippen molar-refractivity contribution in [1.29, 1.82) is 0 Å². The summed E-state index contributed by atoms with van der Waals surface area (Å²) in [6, 6.07) is 16.8. The molecular formula is C33H34F3N7O2S. The van der Waals surface area contributed by atoms with Gasteiger partial charge in [-0.05, 0) is 75.1 Å². The first kappa shape index (κ1) is 32.8. The molecular weight excluding hydrogens is 615 g/mol. The number of thiazole rings is 1. The summed E-state index contributed by atoms with van der Waals surface area (Å²) in [7, 11) is 0. The number of nitrogens with one attached hydrogen (secondary N) is 2. The quantitative estimate of drug-likeness (QED) is 0.111. The normalized spacial score (nSPS) is 11.5. The minimum Gasteiger partial charge on any atom is -0.396 e. The predicted molar refractivity (Wildman–Crippen MR) is 176 cm³/mol. The Hall–Kier alpha value is -4.62. The first-order valence-electron chi connectivity index (χ1n) is 15.0. The van der Waals surface area contributed by atoms with Crippen molar-refractivity contribution in [1.82, 2.24) is 19.9 Å². The molecule has 5 rings (SSSR count). The van der Waals surface area contributed by atoms with Crippen LogP contribution < -0.4 is 15.5 Å². The van der Waals surface area contributed by atoms with Crippen molar-refractivity contribution in [2.45, 2.75) is 45.7 Å². The Morgan fingerprint density at radius 2 is 1.76 bits per heavy atom. The fourth-order valence-corrected chi connectivity index (χ4v) is 5.76. The van der Waals surface area contributed by atoms with Gasteiger partial charge in [0.15, 0.2) is 5.13 Å². The first-order valence-corrected chi connectivity index (χ1v) is 15.8. The van der Waals surface area contributed by atoms with Crippen molar-refractivity contribution in [2.75, 3.05) is 35.2 Å². The number of alkyl halides is 3. The zero-order valence-corrected chi connectivity index (χ0v) is 26.3. The molecule has 2 aromatic carbocycles. The molecule has 1 amide bonds. The molecule has 13 heteroatoms. The molecule has 46 heavy (non-hydrogen) atoms. The number of amides is 1. The number of aryl methyl sites for hydroxylation is 1. The number of aromatic nitrogens is 4. The Labute approximate surface area is 268 Å². The molecule has 0 fully saturated rings. The number of carbonyl (C=O) groups excluding carboxylic acids is 1. The zero-order chi connectivity index (χ0) is 32.7. The number of aliphatic hydroxyl groups excluding tert-OH is 1. The Morgan fingerprint density at radius 3 is 2.54 bits per heavy atom. The lowest BCUT2D eigenvalue weighted by molar-refractivity contribution is -0.137. The number of unbranched alkanes of at least 4 members (excludes halogenated alkanes) is 2. The lowest BCUT2D eigenvalue weighted by atomic mass is 10.1. The van der Waals surface area contributed by atoms with Gasteiger partial charge in [0.1, 0.15) is 27.8 Å². The lowest BCUT2D eigenvalue weighted by Gasteiger charge is -2.24. The summed E-state index contributed by atoms with van der Waals surface area (Å²) in [4.78, 5) is 34.5. The molecule has 0 aliphatic heterocycles. The van der Waals surface area contributed by atoms with E-state index in [0.29, 0.717) is 38.4 Å². The number of hydrogen-bond donors (Lipinski definition) is 3. The van der Waals surface area contributed by atoms with Gasteiger partial charge in [-0.15, -0.1) is 0 Å². The van der Waals surface area contributed by atoms with E-state index in [4.69, 9.17) is 10.1 Å². The van der Waals surface area contributed by atoms with Gasteiger partial charge in [-0.1, -0.05) is 36.5 Å². The molecule has 0 aliphatic rings. The Bertz CT molecular complexity index is 1810. The second-order valence-corrected chi connectivity index (χ2v) is 11.7. The van der Waals surface area contributed by atoms with Gasteiger partial charge in [0.25, 0.3) is 5.91 Å². The molecule has 0 atom stereocenters. The molecule has 3 heterocycles. The second-order valence-electron chi connectivity index (χ2n) is 10.7. The largest absolute Gasteiger partial charge is 0.416 e. The molecule has 5 aromatic rings. The smallest absolute Gasteiger partial charge is 0.396 e. The fourth-order valence-electron chi connectivity index (χ4n) is 4.92. The van der Waals surface area contributed by atoms with E-state index in [-0.39, 0.29) is 17.9 Å². The number of hydrogen-bond acceptors (Lipinski definition) is 9. The van der Waals surface area contributed by atoms with Crippen LogP contribution in [-0.4, -0.2) is 50.6 Å². The molecule has 3 aromatic heterocycles. The molecule has 9 nitrogen and oxygen atoms in total. The second kappa shape index (κ2) is 14.6. The standard InChI is InChI=1S/C33H34F3N7O2S/c1-3-15-43(16-5-4-6-17-44)29-20-28(37-21(2)38-29)42-32-41-27-14-13-26(40-31(27)46-32)22-9-7-10-23(18-22)30(45)39-25-12-8-11-24(19-25)33(34,35)36/h7-14,18-20,44H,3-6,15-17H2,1-2H3,(H,39,45)(H,37,38,41,42). The molecule has 240 valence electrons. The van der Waals surface area contributed by atoms with Crippen LogP contribution >= 0.6 is 11.3 Å². The van der Waals surface area contributed by atoms with E-state index in [1.165, 1.54) is 23.5 Å². The van der Waals surface area contributed by atoms with E-state index in [9.17, 15) is 18.0 Å². The third-order valence-corrected chi connectivity index (χ3v) is 7.97. The third-order valence-electron chi connectivity index (χ3n) is 7.09. The topological polar surface area (TPSA) is 116 Å². The van der Waals surface area contributed by atoms with Crippen molar-refractivity contribution in [3.63, 3.8) is 0 Å². The van der Waals surface area contributed by atoms with E-state index in [1.807, 2.05) is 31.2 Å². The molecule has 0 unspecified atom stereocenters. The third kappa shape index (κ3) is 8.34. The highest BCUT2D eigenvalue weighted by molar-refractivity contribution is 7.21. The number of aliphatic hydroxyl groups is 1. The zero-order valence-electron chi connectivity index (χ0n) is 25.4. The van der Waals surface area contributed by atoms with Gasteiger partial charge in [-0.3, -0.25) is 4.79 Å². The summed E-state index contributed by atoms with van der Waals surface area (Å²) >= 11 is 1.36. The molecule has 0 radical (unpaired) electrons. The average Bonchev–Trinajstić information content (AvgIpc) is 3.43. The minimum absolute atomic E-state index is 0.0524. The summed E-state index contributed by atoms with van der Waals surface area (Å²) in [6.45, 7) is 5.87. The number of nitrogens with zero attached hydrogens (tertiary/aromatic N) is 5. The average molecular weight is 650 g/mol. The van der Waals surface area contributed by atoms with Crippen LogP contribution in [0, 0.1) is 6.92 Å². The van der Waals surface area contributed by atoms with Crippen LogP contribution in [0.25, 0.3) is 21.6 Å². The van der Waals surface area contributed by atoms with Crippen LogP contribution in [0.1, 0.15) is 54.4 Å². The number of pyridine rings is 1. The van der Waals surface area contributed by atoms with E-state index in [2.05, 4.69) is 37.4 Å². The minimum atomic E-state index is -4.51. The number of carbonyl (C=O) groups is 1. The van der Waals surface area contributed by atoms with Gasteiger partial charge in [-0.2, -0.15) is 13.2 Å². The number of benzene rings is 2. The van der Waals surface area contributed by atoms with Crippen LogP contribution in [0.4, 0.5) is 35.6 Å². The highest BCUT2D eigenvalue weighted by atomic mass is 32.1. The van der Waals surface area contributed by atoms with Crippen LogP contribution in [0.5, 0.6) is 0 Å². The van der Waals surface area contributed by atoms with Crippen molar-refractivity contribution >= 4 is 50.0 Å². The Balaban J connectivity index is 1.32. The van der Waals surface area contributed by atoms with Crippen molar-refractivity contribution < 1.29 is 23.1 Å². The summed E-state index contributed by atoms with van der Waals surface area (Å²) in [5, 5.41) is 15.6. The number of fused-ring (bicyclic) bond motifs is 1. The van der Waals surface area contributed by atoms with Crippen molar-refractivity contribution in [3.05, 3.63) is 83.7 Å². The van der Waals surface area contributed by atoms with Crippen molar-refractivity contribution in [2.24, 2.45) is 0 Å². The maximum atomic E-state index is 13.1. The fraction of sp³-hybridized carbons (Fsp3) is 0.303. The van der Waals surface area contributed by atoms with E-state index in [1.54, 1.807) is 18.2 Å². The van der Waals surface area contributed by atoms with E-state index < -0.39 is 17.6 Å². The summed E-state index contributed by atoms with van der Waals surface area (Å²) in [5.74, 6) is 1.56. The van der Waals surface area contributed by atoms with Gasteiger partial charge < -0.3 is 20.6 Å². The van der Waals surface area contributed by atoms with Gasteiger partial charge in [0.05, 0.1) is 11.3 Å². The van der Waals surface area contributed by atoms with E-state index >= 15 is 0 Å². The van der Waals surface area contributed by atoms with Gasteiger partial charge in [0.2, 0.25) is 0 Å². The molecule has 0 aliphatic carbocycles. The highest BCUT2D eigenvalue weighted by Gasteiger charge is 2.30. The van der Waals surface area contributed by atoms with Gasteiger partial charge in [0, 0.05) is 42.6 Å². The highest BCUT2D eigenvalue weighted by Crippen LogP contribution is 2.32. The maximum absolute atomic E-state index is 13.1. The summed E-state index contributed by atoms with van der Waals surface area (Å²) < 4.78 is 39.3. The lowest BCUT2D eigenvalue weighted by Crippen LogP contribution is -2.26. The maximum Gasteiger partial charge on any atom is 0.416 e. The van der Waals surface area contributed by atoms with Crippen LogP contribution in [0.2, 0.25) is 0 Å². The SMILES string of the molecule is CCCN(CCCCCO)c1cc(Nc2nc3ccc(-c4cccc(C(=O)Nc5cccc(C(F)(F)F)c5)c4)nc3s2)nc(C)n1. The number of rotatable bonds is 13. The number of halogens is 3. The molecule has 0 bridgehead atoms. The monoisotopic (exact) mass is 649 g/mol. The Kier molecular flexibility index (Phi) is 10.4.